The van der Waals surface area contributed by atoms with Crippen LogP contribution in [0.1, 0.15) is 47.0 Å². The molecule has 0 nitrogen and oxygen atoms in total. The van der Waals surface area contributed by atoms with Crippen molar-refractivity contribution in [3.8, 4) is 0 Å². The van der Waals surface area contributed by atoms with Gasteiger partial charge in [-0.05, 0) is 36.5 Å². The van der Waals surface area contributed by atoms with E-state index in [0.717, 1.165) is 0 Å². The first kappa shape index (κ1) is 14.6. The summed E-state index contributed by atoms with van der Waals surface area (Å²) in [4.78, 5) is 3.11. The summed E-state index contributed by atoms with van der Waals surface area (Å²) in [7, 11) is 0. The predicted octanol–water partition coefficient (Wildman–Crippen LogP) is 5.54. The zero-order valence-electron chi connectivity index (χ0n) is 10.5. The fourth-order valence-electron chi connectivity index (χ4n) is 1.45. The van der Waals surface area contributed by atoms with Crippen molar-refractivity contribution in [1.82, 2.24) is 0 Å². The smallest absolute Gasteiger partial charge is 0.00607 e. The van der Waals surface area contributed by atoms with E-state index < -0.39 is 0 Å². The van der Waals surface area contributed by atoms with Gasteiger partial charge in [-0.3, -0.25) is 0 Å². The highest BCUT2D eigenvalue weighted by atomic mass is 32.2. The second kappa shape index (κ2) is 8.84. The Balaban J connectivity index is 0.000000583. The van der Waals surface area contributed by atoms with Gasteiger partial charge in [-0.15, -0.1) is 6.58 Å². The summed E-state index contributed by atoms with van der Waals surface area (Å²) in [6, 6.07) is 0. The van der Waals surface area contributed by atoms with E-state index in [0.29, 0.717) is 5.92 Å². The van der Waals surface area contributed by atoms with Crippen molar-refractivity contribution in [1.29, 1.82) is 0 Å². The maximum atomic E-state index is 3.36. The molecular formula is C14H24S. The van der Waals surface area contributed by atoms with Crippen LogP contribution in [0.4, 0.5) is 0 Å². The van der Waals surface area contributed by atoms with Crippen molar-refractivity contribution < 1.29 is 0 Å². The summed E-state index contributed by atoms with van der Waals surface area (Å²) in [6.07, 6.45) is 10.3. The Morgan fingerprint density at radius 2 is 2.07 bits per heavy atom. The lowest BCUT2D eigenvalue weighted by molar-refractivity contribution is 0.803. The number of unbranched alkanes of at least 4 members (excludes halogenated alkanes) is 1. The molecule has 0 aromatic rings. The Kier molecular flexibility index (Phi) is 8.59. The van der Waals surface area contributed by atoms with E-state index in [2.05, 4.69) is 39.5 Å². The first-order valence-electron chi connectivity index (χ1n) is 5.81. The van der Waals surface area contributed by atoms with Gasteiger partial charge in [-0.2, -0.15) is 0 Å². The minimum absolute atomic E-state index is 0.673. The standard InChI is InChI=1S/C11H18S.C3H6/c1-4-6-7-10-8-9(3)11(5-2)12-10;1-3-2/h5,8-9H,4,6-7H2,1-3H3;3H,1H2,2H3/b11-5+;. The monoisotopic (exact) mass is 224 g/mol. The Morgan fingerprint density at radius 1 is 1.47 bits per heavy atom. The molecule has 0 amide bonds. The molecule has 15 heavy (non-hydrogen) atoms. The number of thioether (sulfide) groups is 1. The van der Waals surface area contributed by atoms with Gasteiger partial charge < -0.3 is 0 Å². The molecule has 0 radical (unpaired) electrons. The summed E-state index contributed by atoms with van der Waals surface area (Å²) in [5.74, 6) is 0.673. The van der Waals surface area contributed by atoms with Gasteiger partial charge in [-0.25, -0.2) is 0 Å². The van der Waals surface area contributed by atoms with Crippen LogP contribution in [0.2, 0.25) is 0 Å². The van der Waals surface area contributed by atoms with E-state index in [1.807, 2.05) is 18.7 Å². The van der Waals surface area contributed by atoms with Crippen LogP contribution >= 0.6 is 11.8 Å². The van der Waals surface area contributed by atoms with Crippen LogP contribution in [0.3, 0.4) is 0 Å². The molecule has 1 aliphatic heterocycles. The summed E-state index contributed by atoms with van der Waals surface area (Å²) in [5, 5.41) is 0. The van der Waals surface area contributed by atoms with Gasteiger partial charge in [-0.1, -0.05) is 50.3 Å². The second-order valence-corrected chi connectivity index (χ2v) is 4.93. The molecule has 1 atom stereocenters. The van der Waals surface area contributed by atoms with Crippen LogP contribution < -0.4 is 0 Å². The highest BCUT2D eigenvalue weighted by Gasteiger charge is 2.16. The van der Waals surface area contributed by atoms with Gasteiger partial charge in [0.15, 0.2) is 0 Å². The molecule has 0 fully saturated rings. The van der Waals surface area contributed by atoms with E-state index in [-0.39, 0.29) is 0 Å². The highest BCUT2D eigenvalue weighted by molar-refractivity contribution is 8.07. The Bertz CT molecular complexity index is 236. The van der Waals surface area contributed by atoms with Crippen molar-refractivity contribution >= 4 is 11.8 Å². The van der Waals surface area contributed by atoms with E-state index in [9.17, 15) is 0 Å². The molecule has 0 aliphatic carbocycles. The lowest BCUT2D eigenvalue weighted by Crippen LogP contribution is -1.82. The third kappa shape index (κ3) is 5.88. The zero-order chi connectivity index (χ0) is 11.7. The molecule has 0 saturated heterocycles. The first-order chi connectivity index (χ1) is 7.19. The quantitative estimate of drug-likeness (QED) is 0.567. The van der Waals surface area contributed by atoms with Gasteiger partial charge in [0, 0.05) is 5.92 Å². The van der Waals surface area contributed by atoms with Gasteiger partial charge in [0.25, 0.3) is 0 Å². The fraction of sp³-hybridized carbons (Fsp3) is 0.571. The number of hydrogen-bond acceptors (Lipinski definition) is 1. The average molecular weight is 224 g/mol. The van der Waals surface area contributed by atoms with Crippen LogP contribution in [0.25, 0.3) is 0 Å². The van der Waals surface area contributed by atoms with Crippen molar-refractivity contribution in [3.05, 3.63) is 34.6 Å². The molecule has 0 N–H and O–H groups in total. The van der Waals surface area contributed by atoms with Gasteiger partial charge in [0.05, 0.1) is 0 Å². The van der Waals surface area contributed by atoms with Crippen LogP contribution in [-0.2, 0) is 0 Å². The normalized spacial score (nSPS) is 22.0. The van der Waals surface area contributed by atoms with E-state index in [1.165, 1.54) is 24.2 Å². The molecule has 1 heterocycles. The summed E-state index contributed by atoms with van der Waals surface area (Å²) in [6.45, 7) is 11.9. The molecule has 1 rings (SSSR count). The maximum Gasteiger partial charge on any atom is 0.00607 e. The number of rotatable bonds is 3. The minimum atomic E-state index is 0.673. The molecular weight excluding hydrogens is 200 g/mol. The van der Waals surface area contributed by atoms with Crippen molar-refractivity contribution in [2.45, 2.75) is 47.0 Å². The first-order valence-corrected chi connectivity index (χ1v) is 6.63. The minimum Gasteiger partial charge on any atom is -0.103 e. The SMILES string of the molecule is C/C=C1/SC(CCCC)=CC1C.C=CC. The third-order valence-corrected chi connectivity index (χ3v) is 3.64. The molecule has 1 aliphatic rings. The molecule has 0 aromatic carbocycles. The van der Waals surface area contributed by atoms with Crippen LogP contribution in [0.15, 0.2) is 34.6 Å². The largest absolute Gasteiger partial charge is 0.103 e. The van der Waals surface area contributed by atoms with E-state index >= 15 is 0 Å². The van der Waals surface area contributed by atoms with Crippen LogP contribution in [0.5, 0.6) is 0 Å². The Morgan fingerprint density at radius 3 is 2.47 bits per heavy atom. The van der Waals surface area contributed by atoms with Crippen molar-refractivity contribution in [2.24, 2.45) is 5.92 Å². The van der Waals surface area contributed by atoms with Gasteiger partial charge >= 0.3 is 0 Å². The second-order valence-electron chi connectivity index (χ2n) is 3.73. The summed E-state index contributed by atoms with van der Waals surface area (Å²) >= 11 is 1.98. The zero-order valence-corrected chi connectivity index (χ0v) is 11.4. The van der Waals surface area contributed by atoms with Gasteiger partial charge in [0.1, 0.15) is 0 Å². The molecule has 0 bridgehead atoms. The van der Waals surface area contributed by atoms with Gasteiger partial charge in [0.2, 0.25) is 0 Å². The van der Waals surface area contributed by atoms with E-state index in [1.54, 1.807) is 11.0 Å². The lowest BCUT2D eigenvalue weighted by Gasteiger charge is -2.00. The van der Waals surface area contributed by atoms with Crippen molar-refractivity contribution in [2.75, 3.05) is 0 Å². The van der Waals surface area contributed by atoms with E-state index in [4.69, 9.17) is 0 Å². The summed E-state index contributed by atoms with van der Waals surface area (Å²) < 4.78 is 0. The summed E-state index contributed by atoms with van der Waals surface area (Å²) in [5.41, 5.74) is 0. The average Bonchev–Trinajstić information content (AvgIpc) is 2.57. The number of allylic oxidation sites excluding steroid dienone is 5. The highest BCUT2D eigenvalue weighted by Crippen LogP contribution is 2.41. The van der Waals surface area contributed by atoms with Crippen LogP contribution in [0, 0.1) is 5.92 Å². The molecule has 0 saturated carbocycles. The Hall–Kier alpha value is -0.430. The molecule has 86 valence electrons. The number of hydrogen-bond donors (Lipinski definition) is 0. The third-order valence-electron chi connectivity index (χ3n) is 2.19. The van der Waals surface area contributed by atoms with Crippen molar-refractivity contribution in [3.63, 3.8) is 0 Å². The lowest BCUT2D eigenvalue weighted by atomic mass is 10.1. The fourth-order valence-corrected chi connectivity index (χ4v) is 2.64. The topological polar surface area (TPSA) is 0 Å². The predicted molar refractivity (Wildman–Crippen MR) is 74.0 cm³/mol. The molecule has 1 heteroatoms. The molecule has 0 spiro atoms. The maximum absolute atomic E-state index is 3.36. The Labute approximate surface area is 99.5 Å². The molecule has 0 aromatic heterocycles. The molecule has 1 unspecified atom stereocenters. The van der Waals surface area contributed by atoms with Crippen LogP contribution in [-0.4, -0.2) is 0 Å².